The summed E-state index contributed by atoms with van der Waals surface area (Å²) < 4.78 is 26.9. The number of hydrogen-bond acceptors (Lipinski definition) is 7. The van der Waals surface area contributed by atoms with Crippen LogP contribution in [0.4, 0.5) is 5.82 Å². The van der Waals surface area contributed by atoms with Gasteiger partial charge in [-0.3, -0.25) is 8.78 Å². The van der Waals surface area contributed by atoms with E-state index in [0.29, 0.717) is 27.8 Å². The van der Waals surface area contributed by atoms with Crippen LogP contribution in [0.2, 0.25) is 0 Å². The number of anilines is 1. The zero-order valence-corrected chi connectivity index (χ0v) is 15.9. The van der Waals surface area contributed by atoms with Crippen molar-refractivity contribution in [2.45, 2.75) is 32.4 Å². The van der Waals surface area contributed by atoms with Crippen molar-refractivity contribution < 1.29 is 18.1 Å². The van der Waals surface area contributed by atoms with Crippen molar-refractivity contribution in [3.8, 4) is 0 Å². The minimum absolute atomic E-state index is 0.102. The zero-order chi connectivity index (χ0) is 18.1. The summed E-state index contributed by atoms with van der Waals surface area (Å²) in [6, 6.07) is 0. The Labute approximate surface area is 147 Å². The van der Waals surface area contributed by atoms with Crippen molar-refractivity contribution in [2.24, 2.45) is 0 Å². The van der Waals surface area contributed by atoms with E-state index in [-0.39, 0.29) is 12.5 Å². The van der Waals surface area contributed by atoms with Gasteiger partial charge in [-0.15, -0.1) is 0 Å². The lowest BCUT2D eigenvalue weighted by Crippen LogP contribution is -2.39. The third-order valence-corrected chi connectivity index (χ3v) is 7.87. The van der Waals surface area contributed by atoms with Crippen LogP contribution in [-0.4, -0.2) is 63.5 Å². The van der Waals surface area contributed by atoms with Gasteiger partial charge in [0.25, 0.3) is 0 Å². The number of nitrogen functional groups attached to an aromatic ring is 1. The second-order valence-corrected chi connectivity index (χ2v) is 9.61. The molecular formula is C15H26N6O3P+. The van der Waals surface area contributed by atoms with Gasteiger partial charge in [-0.05, 0) is 6.92 Å². The van der Waals surface area contributed by atoms with Crippen molar-refractivity contribution in [2.75, 3.05) is 39.3 Å². The highest BCUT2D eigenvalue weighted by atomic mass is 31.2. The van der Waals surface area contributed by atoms with Gasteiger partial charge in [0.15, 0.2) is 17.8 Å². The van der Waals surface area contributed by atoms with Crippen molar-refractivity contribution in [1.29, 1.82) is 0 Å². The molecule has 0 bridgehead atoms. The Kier molecular flexibility index (Phi) is 5.11. The SMILES string of the molecule is COP(=O)(COC(C)Cn1cnc2c(N)ncnc21)[N+]1(C)CCCC1. The Bertz CT molecular complexity index is 789. The summed E-state index contributed by atoms with van der Waals surface area (Å²) in [6.45, 7) is 4.19. The van der Waals surface area contributed by atoms with Gasteiger partial charge in [0.1, 0.15) is 11.8 Å². The van der Waals surface area contributed by atoms with Gasteiger partial charge in [0.05, 0.1) is 39.1 Å². The number of hydrogen-bond donors (Lipinski definition) is 1. The Morgan fingerprint density at radius 1 is 1.36 bits per heavy atom. The van der Waals surface area contributed by atoms with Gasteiger partial charge in [-0.25, -0.2) is 19.5 Å². The van der Waals surface area contributed by atoms with Gasteiger partial charge in [-0.1, -0.05) is 0 Å². The van der Waals surface area contributed by atoms with Gasteiger partial charge in [0, 0.05) is 20.0 Å². The third kappa shape index (κ3) is 3.42. The monoisotopic (exact) mass is 369 g/mol. The molecule has 0 aromatic carbocycles. The fourth-order valence-electron chi connectivity index (χ4n) is 3.29. The number of quaternary nitrogens is 1. The second kappa shape index (κ2) is 6.99. The maximum absolute atomic E-state index is 13.2. The molecule has 0 radical (unpaired) electrons. The van der Waals surface area contributed by atoms with Crippen LogP contribution in [-0.2, 0) is 20.4 Å². The first-order chi connectivity index (χ1) is 11.9. The summed E-state index contributed by atoms with van der Waals surface area (Å²) in [4.78, 5) is 12.4. The molecule has 1 saturated heterocycles. The molecule has 1 aliphatic rings. The van der Waals surface area contributed by atoms with E-state index in [0.717, 1.165) is 25.9 Å². The molecule has 2 unspecified atom stereocenters. The normalized spacial score (nSPS) is 20.6. The Balaban J connectivity index is 1.66. The van der Waals surface area contributed by atoms with Crippen molar-refractivity contribution in [3.05, 3.63) is 12.7 Å². The molecule has 2 aromatic rings. The van der Waals surface area contributed by atoms with Crippen LogP contribution < -0.4 is 5.73 Å². The predicted molar refractivity (Wildman–Crippen MR) is 94.9 cm³/mol. The lowest BCUT2D eigenvalue weighted by Gasteiger charge is -2.35. The molecule has 2 N–H and O–H groups in total. The predicted octanol–water partition coefficient (Wildman–Crippen LogP) is 1.85. The Morgan fingerprint density at radius 3 is 2.76 bits per heavy atom. The number of likely N-dealkylation sites (tertiary alicyclic amines) is 1. The number of imidazole rings is 1. The second-order valence-electron chi connectivity index (χ2n) is 6.75. The smallest absolute Gasteiger partial charge is 0.382 e. The Hall–Kier alpha value is -1.54. The van der Waals surface area contributed by atoms with Gasteiger partial charge in [-0.2, -0.15) is 0 Å². The molecule has 0 aliphatic carbocycles. The number of ether oxygens (including phenoxy) is 1. The maximum atomic E-state index is 13.2. The van der Waals surface area contributed by atoms with E-state index in [4.69, 9.17) is 15.0 Å². The first-order valence-electron chi connectivity index (χ1n) is 8.41. The number of fused-ring (bicyclic) bond motifs is 1. The molecule has 0 amide bonds. The summed E-state index contributed by atoms with van der Waals surface area (Å²) >= 11 is 0. The summed E-state index contributed by atoms with van der Waals surface area (Å²) in [5.41, 5.74) is 7.04. The molecule has 2 aromatic heterocycles. The van der Waals surface area contributed by atoms with Crippen LogP contribution in [0, 0.1) is 0 Å². The first kappa shape index (κ1) is 18.3. The molecule has 1 aliphatic heterocycles. The number of nitrogens with two attached hydrogens (primary N) is 1. The molecule has 9 nitrogen and oxygen atoms in total. The maximum Gasteiger partial charge on any atom is 0.406 e. The quantitative estimate of drug-likeness (QED) is 0.743. The van der Waals surface area contributed by atoms with E-state index < -0.39 is 7.52 Å². The highest BCUT2D eigenvalue weighted by molar-refractivity contribution is 7.52. The molecule has 3 heterocycles. The average Bonchev–Trinajstić information content (AvgIpc) is 3.21. The van der Waals surface area contributed by atoms with Gasteiger partial charge < -0.3 is 15.0 Å². The van der Waals surface area contributed by atoms with Crippen LogP contribution in [0.3, 0.4) is 0 Å². The highest BCUT2D eigenvalue weighted by Gasteiger charge is 2.47. The Morgan fingerprint density at radius 2 is 2.08 bits per heavy atom. The number of rotatable bonds is 7. The molecule has 0 saturated carbocycles. The van der Waals surface area contributed by atoms with E-state index in [9.17, 15) is 4.57 Å². The average molecular weight is 369 g/mol. The molecule has 138 valence electrons. The molecule has 25 heavy (non-hydrogen) atoms. The van der Waals surface area contributed by atoms with Crippen LogP contribution in [0.5, 0.6) is 0 Å². The van der Waals surface area contributed by atoms with Crippen LogP contribution in [0.1, 0.15) is 19.8 Å². The van der Waals surface area contributed by atoms with Crippen LogP contribution in [0.15, 0.2) is 12.7 Å². The third-order valence-electron chi connectivity index (χ3n) is 4.96. The lowest BCUT2D eigenvalue weighted by molar-refractivity contribution is -0.783. The molecule has 0 spiro atoms. The largest absolute Gasteiger partial charge is 0.406 e. The summed E-state index contributed by atoms with van der Waals surface area (Å²) in [7, 11) is 0.593. The summed E-state index contributed by atoms with van der Waals surface area (Å²) in [5, 5.41) is 0. The summed E-state index contributed by atoms with van der Waals surface area (Å²) in [6.07, 6.45) is 5.15. The highest BCUT2D eigenvalue weighted by Crippen LogP contribution is 2.57. The number of aromatic nitrogens is 4. The van der Waals surface area contributed by atoms with E-state index in [1.807, 2.05) is 18.5 Å². The van der Waals surface area contributed by atoms with Crippen LogP contribution in [0.25, 0.3) is 11.2 Å². The fourth-order valence-corrected chi connectivity index (χ4v) is 5.41. The molecule has 3 rings (SSSR count). The van der Waals surface area contributed by atoms with Crippen LogP contribution >= 0.6 is 7.52 Å². The van der Waals surface area contributed by atoms with Crippen molar-refractivity contribution in [3.63, 3.8) is 0 Å². The first-order valence-corrected chi connectivity index (χ1v) is 10.2. The lowest BCUT2D eigenvalue weighted by atomic mass is 10.4. The van der Waals surface area contributed by atoms with Crippen molar-refractivity contribution in [1.82, 2.24) is 19.5 Å². The summed E-state index contributed by atoms with van der Waals surface area (Å²) in [5.74, 6) is 0.354. The van der Waals surface area contributed by atoms with E-state index >= 15 is 0 Å². The van der Waals surface area contributed by atoms with Crippen molar-refractivity contribution >= 4 is 24.5 Å². The molecular weight excluding hydrogens is 343 g/mol. The van der Waals surface area contributed by atoms with E-state index in [2.05, 4.69) is 15.0 Å². The van der Waals surface area contributed by atoms with E-state index in [1.165, 1.54) is 13.4 Å². The minimum Gasteiger partial charge on any atom is -0.382 e. The van der Waals surface area contributed by atoms with Gasteiger partial charge in [0.2, 0.25) is 0 Å². The zero-order valence-electron chi connectivity index (χ0n) is 15.0. The fraction of sp³-hybridized carbons (Fsp3) is 0.667. The molecule has 1 fully saturated rings. The van der Waals surface area contributed by atoms with Gasteiger partial charge >= 0.3 is 7.52 Å². The topological polar surface area (TPSA) is 105 Å². The minimum atomic E-state index is -2.91. The molecule has 2 atom stereocenters. The van der Waals surface area contributed by atoms with E-state index in [1.54, 1.807) is 6.33 Å². The number of nitrogens with zero attached hydrogens (tertiary/aromatic N) is 5. The standard InChI is InChI=1S/C15H26N6O3P/c1-12(8-20-10-19-13-14(16)17-9-18-15(13)20)24-11-25(22,23-3)21(2)6-4-5-7-21/h9-10,12H,4-8,11H2,1-3H3,(H2,16,17,18)/q+1. The molecule has 10 heteroatoms.